The molecule has 0 aliphatic carbocycles. The number of nitrogens with one attached hydrogen (secondary N) is 1. The molecule has 2 aromatic rings. The Bertz CT molecular complexity index is 785. The number of hydrogen-bond acceptors (Lipinski definition) is 5. The second-order valence-corrected chi connectivity index (χ2v) is 7.84. The van der Waals surface area contributed by atoms with Gasteiger partial charge in [-0.25, -0.2) is 9.97 Å². The average molecular weight is 382 g/mol. The number of carbonyl (C=O) groups is 1. The van der Waals surface area contributed by atoms with Crippen LogP contribution in [0, 0.1) is 6.92 Å². The molecule has 3 rings (SSSR count). The van der Waals surface area contributed by atoms with E-state index < -0.39 is 0 Å². The number of rotatable bonds is 6. The largest absolute Gasteiger partial charge is 0.354 e. The van der Waals surface area contributed by atoms with Crippen molar-refractivity contribution in [1.82, 2.24) is 20.2 Å². The van der Waals surface area contributed by atoms with Gasteiger partial charge in [-0.3, -0.25) is 9.69 Å². The van der Waals surface area contributed by atoms with Gasteiger partial charge in [0.1, 0.15) is 11.6 Å². The van der Waals surface area contributed by atoms with Gasteiger partial charge in [-0.05, 0) is 19.4 Å². The third-order valence-corrected chi connectivity index (χ3v) is 5.11. The predicted molar refractivity (Wildman–Crippen MR) is 113 cm³/mol. The van der Waals surface area contributed by atoms with Crippen LogP contribution in [0.4, 0.5) is 5.82 Å². The molecule has 0 saturated carbocycles. The molecule has 2 heterocycles. The van der Waals surface area contributed by atoms with E-state index in [-0.39, 0.29) is 11.9 Å². The Labute approximate surface area is 168 Å². The molecule has 0 bridgehead atoms. The molecule has 1 N–H and O–H groups in total. The summed E-state index contributed by atoms with van der Waals surface area (Å²) in [5.74, 6) is 2.28. The second kappa shape index (κ2) is 9.15. The highest BCUT2D eigenvalue weighted by atomic mass is 16.2. The van der Waals surface area contributed by atoms with E-state index in [4.69, 9.17) is 4.98 Å². The van der Waals surface area contributed by atoms with E-state index in [9.17, 15) is 4.79 Å². The zero-order valence-electron chi connectivity index (χ0n) is 17.4. The summed E-state index contributed by atoms with van der Waals surface area (Å²) >= 11 is 0. The van der Waals surface area contributed by atoms with Crippen molar-refractivity contribution in [3.63, 3.8) is 0 Å². The summed E-state index contributed by atoms with van der Waals surface area (Å²) in [6.45, 7) is 12.2. The maximum Gasteiger partial charge on any atom is 0.234 e. The number of aromatic nitrogens is 2. The van der Waals surface area contributed by atoms with Crippen LogP contribution in [0.2, 0.25) is 0 Å². The fourth-order valence-electron chi connectivity index (χ4n) is 3.44. The maximum absolute atomic E-state index is 12.4. The Hall–Kier alpha value is -2.47. The Kier molecular flexibility index (Phi) is 6.62. The molecule has 150 valence electrons. The fourth-order valence-corrected chi connectivity index (χ4v) is 3.44. The molecular weight excluding hydrogens is 350 g/mol. The van der Waals surface area contributed by atoms with Crippen molar-refractivity contribution in [2.24, 2.45) is 0 Å². The SMILES string of the molecule is Cc1cc(N2CCN(CC(=O)N[C@@H](C)c3ccccc3)CC2)nc(C(C)C)n1. The van der Waals surface area contributed by atoms with Gasteiger partial charge in [0.2, 0.25) is 5.91 Å². The number of carbonyl (C=O) groups excluding carboxylic acids is 1. The van der Waals surface area contributed by atoms with Gasteiger partial charge in [-0.1, -0.05) is 44.2 Å². The predicted octanol–water partition coefficient (Wildman–Crippen LogP) is 2.91. The lowest BCUT2D eigenvalue weighted by atomic mass is 10.1. The number of aryl methyl sites for hydroxylation is 1. The topological polar surface area (TPSA) is 61.4 Å². The molecule has 28 heavy (non-hydrogen) atoms. The first-order valence-corrected chi connectivity index (χ1v) is 10.1. The molecule has 0 spiro atoms. The minimum absolute atomic E-state index is 0.0217. The molecule has 1 aliphatic heterocycles. The van der Waals surface area contributed by atoms with Crippen molar-refractivity contribution >= 4 is 11.7 Å². The van der Waals surface area contributed by atoms with Crippen LogP contribution in [-0.4, -0.2) is 53.5 Å². The Balaban J connectivity index is 1.51. The Morgan fingerprint density at radius 3 is 2.39 bits per heavy atom. The minimum atomic E-state index is 0.0217. The molecule has 0 radical (unpaired) electrons. The third-order valence-electron chi connectivity index (χ3n) is 5.11. The molecule has 1 aromatic carbocycles. The second-order valence-electron chi connectivity index (χ2n) is 7.84. The fraction of sp³-hybridized carbons (Fsp3) is 0.500. The van der Waals surface area contributed by atoms with Crippen molar-refractivity contribution in [3.05, 3.63) is 53.5 Å². The van der Waals surface area contributed by atoms with Crippen molar-refractivity contribution in [2.45, 2.75) is 39.7 Å². The molecule has 1 aliphatic rings. The van der Waals surface area contributed by atoms with Crippen LogP contribution in [0.15, 0.2) is 36.4 Å². The van der Waals surface area contributed by atoms with Gasteiger partial charge in [0, 0.05) is 43.9 Å². The number of nitrogens with zero attached hydrogens (tertiary/aromatic N) is 4. The van der Waals surface area contributed by atoms with E-state index in [0.29, 0.717) is 12.5 Å². The van der Waals surface area contributed by atoms with Crippen molar-refractivity contribution < 1.29 is 4.79 Å². The van der Waals surface area contributed by atoms with E-state index in [2.05, 4.69) is 40.0 Å². The number of piperazine rings is 1. The van der Waals surface area contributed by atoms with Gasteiger partial charge in [-0.15, -0.1) is 0 Å². The van der Waals surface area contributed by atoms with E-state index in [1.807, 2.05) is 44.2 Å². The molecule has 1 atom stereocenters. The summed E-state index contributed by atoms with van der Waals surface area (Å²) in [4.78, 5) is 26.2. The molecule has 1 amide bonds. The minimum Gasteiger partial charge on any atom is -0.354 e. The molecule has 1 saturated heterocycles. The van der Waals surface area contributed by atoms with Crippen molar-refractivity contribution in [3.8, 4) is 0 Å². The first-order valence-electron chi connectivity index (χ1n) is 10.1. The number of amides is 1. The van der Waals surface area contributed by atoms with Crippen LogP contribution >= 0.6 is 0 Å². The third kappa shape index (κ3) is 5.29. The van der Waals surface area contributed by atoms with Crippen LogP contribution in [0.25, 0.3) is 0 Å². The lowest BCUT2D eigenvalue weighted by molar-refractivity contribution is -0.123. The Morgan fingerprint density at radius 1 is 1.07 bits per heavy atom. The van der Waals surface area contributed by atoms with Gasteiger partial charge in [0.25, 0.3) is 0 Å². The van der Waals surface area contributed by atoms with E-state index in [1.54, 1.807) is 0 Å². The zero-order chi connectivity index (χ0) is 20.1. The highest BCUT2D eigenvalue weighted by Gasteiger charge is 2.21. The number of benzene rings is 1. The summed E-state index contributed by atoms with van der Waals surface area (Å²) < 4.78 is 0. The summed E-state index contributed by atoms with van der Waals surface area (Å²) in [7, 11) is 0. The van der Waals surface area contributed by atoms with Gasteiger partial charge >= 0.3 is 0 Å². The number of hydrogen-bond donors (Lipinski definition) is 1. The monoisotopic (exact) mass is 381 g/mol. The molecule has 6 heteroatoms. The van der Waals surface area contributed by atoms with Crippen LogP contribution < -0.4 is 10.2 Å². The van der Waals surface area contributed by atoms with Gasteiger partial charge in [0.05, 0.1) is 12.6 Å². The first-order chi connectivity index (χ1) is 13.4. The molecule has 1 aromatic heterocycles. The highest BCUT2D eigenvalue weighted by molar-refractivity contribution is 5.78. The van der Waals surface area contributed by atoms with Crippen molar-refractivity contribution in [2.75, 3.05) is 37.6 Å². The van der Waals surface area contributed by atoms with Crippen LogP contribution in [0.3, 0.4) is 0 Å². The normalized spacial score (nSPS) is 16.2. The van der Waals surface area contributed by atoms with Crippen LogP contribution in [-0.2, 0) is 4.79 Å². The maximum atomic E-state index is 12.4. The summed E-state index contributed by atoms with van der Waals surface area (Å²) in [6.07, 6.45) is 0. The molecular formula is C22H31N5O. The number of anilines is 1. The van der Waals surface area contributed by atoms with Gasteiger partial charge in [-0.2, -0.15) is 0 Å². The zero-order valence-corrected chi connectivity index (χ0v) is 17.4. The van der Waals surface area contributed by atoms with Crippen LogP contribution in [0.1, 0.15) is 49.8 Å². The average Bonchev–Trinajstić information content (AvgIpc) is 2.68. The smallest absolute Gasteiger partial charge is 0.234 e. The molecule has 1 fully saturated rings. The lowest BCUT2D eigenvalue weighted by Gasteiger charge is -2.35. The standard InChI is InChI=1S/C22H31N5O/c1-16(2)22-23-17(3)14-20(25-22)27-12-10-26(11-13-27)15-21(28)24-18(4)19-8-6-5-7-9-19/h5-9,14,16,18H,10-13,15H2,1-4H3,(H,24,28)/t18-/m0/s1. The van der Waals surface area contributed by atoms with E-state index >= 15 is 0 Å². The summed E-state index contributed by atoms with van der Waals surface area (Å²) in [6, 6.07) is 12.1. The quantitative estimate of drug-likeness (QED) is 0.834. The summed E-state index contributed by atoms with van der Waals surface area (Å²) in [5.41, 5.74) is 2.13. The van der Waals surface area contributed by atoms with Gasteiger partial charge in [0.15, 0.2) is 0 Å². The first kappa shape index (κ1) is 20.3. The molecule has 6 nitrogen and oxygen atoms in total. The lowest BCUT2D eigenvalue weighted by Crippen LogP contribution is -2.50. The van der Waals surface area contributed by atoms with Crippen molar-refractivity contribution in [1.29, 1.82) is 0 Å². The van der Waals surface area contributed by atoms with E-state index in [0.717, 1.165) is 49.1 Å². The van der Waals surface area contributed by atoms with E-state index in [1.165, 1.54) is 0 Å². The van der Waals surface area contributed by atoms with Crippen LogP contribution in [0.5, 0.6) is 0 Å². The Morgan fingerprint density at radius 2 is 1.75 bits per heavy atom. The highest BCUT2D eigenvalue weighted by Crippen LogP contribution is 2.18. The summed E-state index contributed by atoms with van der Waals surface area (Å²) in [5, 5.41) is 3.10. The molecule has 0 unspecified atom stereocenters. The van der Waals surface area contributed by atoms with Gasteiger partial charge < -0.3 is 10.2 Å².